The molecule has 0 radical (unpaired) electrons. The van der Waals surface area contributed by atoms with E-state index in [4.69, 9.17) is 11.6 Å². The molecule has 1 N–H and O–H groups in total. The first kappa shape index (κ1) is 13.2. The number of nitrogens with zero attached hydrogens (tertiary/aromatic N) is 5. The van der Waals surface area contributed by atoms with Crippen LogP contribution in [0, 0.1) is 10.1 Å². The zero-order valence-electron chi connectivity index (χ0n) is 10.1. The number of rotatable bonds is 5. The van der Waals surface area contributed by atoms with Crippen LogP contribution >= 0.6 is 11.6 Å². The first-order valence-electron chi connectivity index (χ1n) is 5.44. The number of nitro groups is 1. The number of hydrogen-bond acceptors (Lipinski definition) is 6. The molecule has 0 bridgehead atoms. The Bertz CT molecular complexity index is 599. The van der Waals surface area contributed by atoms with Gasteiger partial charge in [0.15, 0.2) is 0 Å². The lowest BCUT2D eigenvalue weighted by Crippen LogP contribution is -2.11. The van der Waals surface area contributed by atoms with Crippen molar-refractivity contribution in [2.24, 2.45) is 7.05 Å². The summed E-state index contributed by atoms with van der Waals surface area (Å²) in [4.78, 5) is 14.2. The van der Waals surface area contributed by atoms with Gasteiger partial charge in [-0.15, -0.1) is 10.2 Å². The molecule has 2 aromatic heterocycles. The van der Waals surface area contributed by atoms with Gasteiger partial charge in [0.05, 0.1) is 9.95 Å². The quantitative estimate of drug-likeness (QED) is 0.658. The topological polar surface area (TPSA) is 98.8 Å². The summed E-state index contributed by atoms with van der Waals surface area (Å²) >= 11 is 5.68. The van der Waals surface area contributed by atoms with Crippen molar-refractivity contribution in [1.29, 1.82) is 0 Å². The minimum absolute atomic E-state index is 0.148. The summed E-state index contributed by atoms with van der Waals surface area (Å²) in [5.74, 6) is 0.973. The highest BCUT2D eigenvalue weighted by molar-refractivity contribution is 6.30. The van der Waals surface area contributed by atoms with Crippen molar-refractivity contribution in [3.63, 3.8) is 0 Å². The van der Waals surface area contributed by atoms with Crippen LogP contribution in [-0.4, -0.2) is 31.2 Å². The average molecular weight is 283 g/mol. The van der Waals surface area contributed by atoms with E-state index >= 15 is 0 Å². The molecule has 0 aliphatic heterocycles. The third-order valence-corrected chi connectivity index (χ3v) is 2.68. The fourth-order valence-electron chi connectivity index (χ4n) is 1.53. The number of hydrogen-bond donors (Lipinski definition) is 1. The fraction of sp³-hybridized carbons (Fsp3) is 0.300. The molecule has 0 unspecified atom stereocenters. The van der Waals surface area contributed by atoms with E-state index in [1.165, 1.54) is 12.3 Å². The molecule has 0 atom stereocenters. The number of halogens is 1. The molecular formula is C10H11ClN6O2. The predicted molar refractivity (Wildman–Crippen MR) is 69.1 cm³/mol. The van der Waals surface area contributed by atoms with Gasteiger partial charge in [0.2, 0.25) is 5.82 Å². The third-order valence-electron chi connectivity index (χ3n) is 2.48. The van der Waals surface area contributed by atoms with Crippen molar-refractivity contribution < 1.29 is 4.92 Å². The largest absolute Gasteiger partial charge is 0.364 e. The lowest BCUT2D eigenvalue weighted by atomic mass is 10.3. The molecule has 0 amide bonds. The summed E-state index contributed by atoms with van der Waals surface area (Å²) in [6, 6.07) is 1.26. The smallest absolute Gasteiger partial charge is 0.312 e. The molecule has 0 saturated heterocycles. The van der Waals surface area contributed by atoms with Gasteiger partial charge in [-0.1, -0.05) is 11.6 Å². The van der Waals surface area contributed by atoms with Crippen LogP contribution in [-0.2, 0) is 13.5 Å². The number of nitrogens with one attached hydrogen (secondary N) is 1. The molecule has 0 aromatic carbocycles. The zero-order valence-corrected chi connectivity index (χ0v) is 10.8. The Labute approximate surface area is 113 Å². The molecule has 9 heteroatoms. The van der Waals surface area contributed by atoms with Crippen LogP contribution in [0.2, 0.25) is 5.02 Å². The second-order valence-corrected chi connectivity index (χ2v) is 4.25. The highest BCUT2D eigenvalue weighted by atomic mass is 35.5. The van der Waals surface area contributed by atoms with E-state index in [2.05, 4.69) is 20.5 Å². The maximum Gasteiger partial charge on any atom is 0.312 e. The zero-order chi connectivity index (χ0) is 13.8. The molecule has 2 heterocycles. The first-order chi connectivity index (χ1) is 9.08. The Hall–Kier alpha value is -2.22. The van der Waals surface area contributed by atoms with E-state index in [0.717, 1.165) is 5.82 Å². The highest BCUT2D eigenvalue weighted by Crippen LogP contribution is 2.24. The number of anilines is 1. The van der Waals surface area contributed by atoms with Gasteiger partial charge in [-0.25, -0.2) is 4.98 Å². The van der Waals surface area contributed by atoms with Crippen molar-refractivity contribution in [3.8, 4) is 0 Å². The summed E-state index contributed by atoms with van der Waals surface area (Å²) in [5, 5.41) is 21.6. The van der Waals surface area contributed by atoms with Gasteiger partial charge in [0.1, 0.15) is 12.2 Å². The summed E-state index contributed by atoms with van der Waals surface area (Å²) in [5.41, 5.74) is -0.148. The van der Waals surface area contributed by atoms with E-state index in [9.17, 15) is 10.1 Å². The second kappa shape index (κ2) is 5.61. The van der Waals surface area contributed by atoms with Gasteiger partial charge in [-0.3, -0.25) is 10.1 Å². The van der Waals surface area contributed by atoms with E-state index in [1.807, 2.05) is 7.05 Å². The van der Waals surface area contributed by atoms with Crippen LogP contribution in [0.5, 0.6) is 0 Å². The second-order valence-electron chi connectivity index (χ2n) is 3.81. The van der Waals surface area contributed by atoms with E-state index in [0.29, 0.717) is 13.0 Å². The minimum Gasteiger partial charge on any atom is -0.364 e. The lowest BCUT2D eigenvalue weighted by molar-refractivity contribution is -0.384. The minimum atomic E-state index is -0.524. The Balaban J connectivity index is 2.03. The summed E-state index contributed by atoms with van der Waals surface area (Å²) < 4.78 is 1.78. The molecule has 100 valence electrons. The van der Waals surface area contributed by atoms with Gasteiger partial charge in [0, 0.05) is 32.3 Å². The lowest BCUT2D eigenvalue weighted by Gasteiger charge is -2.05. The van der Waals surface area contributed by atoms with Gasteiger partial charge < -0.3 is 9.88 Å². The first-order valence-corrected chi connectivity index (χ1v) is 5.82. The Morgan fingerprint density at radius 1 is 1.58 bits per heavy atom. The number of pyridine rings is 1. The molecule has 0 saturated carbocycles. The van der Waals surface area contributed by atoms with Crippen LogP contribution in [0.15, 0.2) is 18.6 Å². The molecule has 0 aliphatic carbocycles. The Morgan fingerprint density at radius 2 is 2.37 bits per heavy atom. The Morgan fingerprint density at radius 3 is 3.00 bits per heavy atom. The summed E-state index contributed by atoms with van der Waals surface area (Å²) in [7, 11) is 1.83. The fourth-order valence-corrected chi connectivity index (χ4v) is 1.68. The summed E-state index contributed by atoms with van der Waals surface area (Å²) in [6.45, 7) is 0.460. The predicted octanol–water partition coefficient (Wildman–Crippen LogP) is 1.43. The highest BCUT2D eigenvalue weighted by Gasteiger charge is 2.15. The Kier molecular flexibility index (Phi) is 3.91. The summed E-state index contributed by atoms with van der Waals surface area (Å²) in [6.07, 6.45) is 3.54. The van der Waals surface area contributed by atoms with E-state index in [1.54, 1.807) is 10.9 Å². The van der Waals surface area contributed by atoms with Crippen LogP contribution in [0.25, 0.3) is 0 Å². The SMILES string of the molecule is Cn1cnnc1CCNc1ncc(Cl)cc1[N+](=O)[O-]. The van der Waals surface area contributed by atoms with Gasteiger partial charge in [-0.05, 0) is 0 Å². The maximum absolute atomic E-state index is 10.9. The van der Waals surface area contributed by atoms with Gasteiger partial charge in [-0.2, -0.15) is 0 Å². The monoisotopic (exact) mass is 282 g/mol. The molecule has 0 fully saturated rings. The standard InChI is InChI=1S/C10H11ClN6O2/c1-16-6-14-15-9(16)2-3-12-10-8(17(18)19)4-7(11)5-13-10/h4-6H,2-3H2,1H3,(H,12,13). The number of aromatic nitrogens is 4. The van der Waals surface area contributed by atoms with Gasteiger partial charge >= 0.3 is 5.69 Å². The average Bonchev–Trinajstić information content (AvgIpc) is 2.77. The normalized spacial score (nSPS) is 10.4. The maximum atomic E-state index is 10.9. The molecule has 2 rings (SSSR count). The van der Waals surface area contributed by atoms with E-state index in [-0.39, 0.29) is 16.5 Å². The van der Waals surface area contributed by atoms with Crippen molar-refractivity contribution in [3.05, 3.63) is 39.6 Å². The van der Waals surface area contributed by atoms with E-state index < -0.39 is 4.92 Å². The van der Waals surface area contributed by atoms with Crippen molar-refractivity contribution in [2.75, 3.05) is 11.9 Å². The van der Waals surface area contributed by atoms with Crippen molar-refractivity contribution in [1.82, 2.24) is 19.7 Å². The van der Waals surface area contributed by atoms with Crippen LogP contribution in [0.3, 0.4) is 0 Å². The molecular weight excluding hydrogens is 272 g/mol. The van der Waals surface area contributed by atoms with Gasteiger partial charge in [0.25, 0.3) is 0 Å². The van der Waals surface area contributed by atoms with Crippen molar-refractivity contribution in [2.45, 2.75) is 6.42 Å². The molecule has 19 heavy (non-hydrogen) atoms. The van der Waals surface area contributed by atoms with Crippen LogP contribution < -0.4 is 5.32 Å². The molecule has 8 nitrogen and oxygen atoms in total. The van der Waals surface area contributed by atoms with Crippen LogP contribution in [0.1, 0.15) is 5.82 Å². The third kappa shape index (κ3) is 3.16. The molecule has 2 aromatic rings. The van der Waals surface area contributed by atoms with Crippen LogP contribution in [0.4, 0.5) is 11.5 Å². The number of aryl methyl sites for hydroxylation is 1. The molecule has 0 spiro atoms. The van der Waals surface area contributed by atoms with Crippen molar-refractivity contribution >= 4 is 23.1 Å². The molecule has 0 aliphatic rings.